The molecule has 0 aliphatic carbocycles. The van der Waals surface area contributed by atoms with E-state index >= 15 is 0 Å². The van der Waals surface area contributed by atoms with Crippen LogP contribution in [0, 0.1) is 11.7 Å². The molecule has 1 aromatic carbocycles. The second kappa shape index (κ2) is 9.08. The van der Waals surface area contributed by atoms with Gasteiger partial charge in [-0.05, 0) is 43.5 Å². The van der Waals surface area contributed by atoms with Crippen molar-refractivity contribution < 1.29 is 9.18 Å². The molecule has 1 atom stereocenters. The molecule has 0 aliphatic rings. The molecule has 0 fully saturated rings. The van der Waals surface area contributed by atoms with E-state index in [4.69, 9.17) is 11.5 Å². The summed E-state index contributed by atoms with van der Waals surface area (Å²) in [5.74, 6) is -0.844. The van der Waals surface area contributed by atoms with E-state index in [9.17, 15) is 9.18 Å². The van der Waals surface area contributed by atoms with Crippen molar-refractivity contribution >= 4 is 34.1 Å². The van der Waals surface area contributed by atoms with E-state index in [1.807, 2.05) is 29.8 Å². The van der Waals surface area contributed by atoms with Crippen LogP contribution in [-0.2, 0) is 6.54 Å². The third kappa shape index (κ3) is 4.68. The number of aromatic nitrogens is 3. The molecule has 0 saturated heterocycles. The van der Waals surface area contributed by atoms with Crippen molar-refractivity contribution in [3.05, 3.63) is 41.8 Å². The highest BCUT2D eigenvalue weighted by Crippen LogP contribution is 2.26. The molecule has 3 rings (SSSR count). The SMILES string of the molecule is CCn1ncc2cc(Nc3nc(NC(CN)CC(C)C)c(F)cc3C(N)=O)ccc21. The van der Waals surface area contributed by atoms with Crippen molar-refractivity contribution in [1.82, 2.24) is 14.8 Å². The summed E-state index contributed by atoms with van der Waals surface area (Å²) in [7, 11) is 0. The van der Waals surface area contributed by atoms with E-state index < -0.39 is 11.7 Å². The first-order valence-corrected chi connectivity index (χ1v) is 10.0. The maximum absolute atomic E-state index is 14.6. The number of nitrogens with zero attached hydrogens (tertiary/aromatic N) is 3. The average molecular weight is 414 g/mol. The zero-order valence-corrected chi connectivity index (χ0v) is 17.4. The largest absolute Gasteiger partial charge is 0.365 e. The van der Waals surface area contributed by atoms with Crippen LogP contribution in [0.5, 0.6) is 0 Å². The summed E-state index contributed by atoms with van der Waals surface area (Å²) in [5, 5.41) is 11.4. The molecule has 6 N–H and O–H groups in total. The van der Waals surface area contributed by atoms with Crippen LogP contribution >= 0.6 is 0 Å². The number of carbonyl (C=O) groups excluding carboxylic acids is 1. The average Bonchev–Trinajstić information content (AvgIpc) is 3.11. The molecular formula is C21H28FN7O. The van der Waals surface area contributed by atoms with Gasteiger partial charge in [-0.1, -0.05) is 13.8 Å². The summed E-state index contributed by atoms with van der Waals surface area (Å²) >= 11 is 0. The Morgan fingerprint density at radius 3 is 2.67 bits per heavy atom. The van der Waals surface area contributed by atoms with Crippen molar-refractivity contribution in [3.63, 3.8) is 0 Å². The van der Waals surface area contributed by atoms with Crippen LogP contribution in [0.1, 0.15) is 37.6 Å². The summed E-state index contributed by atoms with van der Waals surface area (Å²) < 4.78 is 16.5. The number of benzene rings is 1. The zero-order valence-electron chi connectivity index (χ0n) is 17.4. The Bertz CT molecular complexity index is 1050. The van der Waals surface area contributed by atoms with Gasteiger partial charge in [0.2, 0.25) is 0 Å². The number of halogens is 1. The normalized spacial score (nSPS) is 12.3. The summed E-state index contributed by atoms with van der Waals surface area (Å²) in [6, 6.07) is 6.61. The van der Waals surface area contributed by atoms with Crippen molar-refractivity contribution in [3.8, 4) is 0 Å². The summed E-state index contributed by atoms with van der Waals surface area (Å²) in [6.07, 6.45) is 2.53. The minimum atomic E-state index is -0.770. The quantitative estimate of drug-likeness (QED) is 0.427. The predicted octanol–water partition coefficient (Wildman–Crippen LogP) is 3.22. The van der Waals surface area contributed by atoms with Crippen LogP contribution in [-0.4, -0.2) is 33.3 Å². The maximum Gasteiger partial charge on any atom is 0.252 e. The number of fused-ring (bicyclic) bond motifs is 1. The van der Waals surface area contributed by atoms with E-state index in [0.29, 0.717) is 18.2 Å². The van der Waals surface area contributed by atoms with Gasteiger partial charge in [-0.2, -0.15) is 5.10 Å². The number of anilines is 3. The Kier molecular flexibility index (Phi) is 6.51. The van der Waals surface area contributed by atoms with Crippen LogP contribution in [0.25, 0.3) is 10.9 Å². The molecule has 0 radical (unpaired) electrons. The Morgan fingerprint density at radius 2 is 2.03 bits per heavy atom. The van der Waals surface area contributed by atoms with E-state index in [0.717, 1.165) is 29.9 Å². The van der Waals surface area contributed by atoms with Crippen molar-refractivity contribution in [2.45, 2.75) is 39.8 Å². The number of hydrogen-bond donors (Lipinski definition) is 4. The summed E-state index contributed by atoms with van der Waals surface area (Å²) in [4.78, 5) is 16.2. The van der Waals surface area contributed by atoms with Crippen LogP contribution in [0.3, 0.4) is 0 Å². The molecule has 2 heterocycles. The zero-order chi connectivity index (χ0) is 21.8. The number of nitrogens with one attached hydrogen (secondary N) is 2. The number of carbonyl (C=O) groups is 1. The molecule has 0 aliphatic heterocycles. The monoisotopic (exact) mass is 413 g/mol. The molecule has 0 saturated carbocycles. The molecule has 2 aromatic heterocycles. The highest BCUT2D eigenvalue weighted by atomic mass is 19.1. The van der Waals surface area contributed by atoms with Gasteiger partial charge in [0.15, 0.2) is 11.6 Å². The number of aryl methyl sites for hydroxylation is 1. The van der Waals surface area contributed by atoms with E-state index in [1.165, 1.54) is 0 Å². The van der Waals surface area contributed by atoms with Gasteiger partial charge in [0.1, 0.15) is 5.82 Å². The maximum atomic E-state index is 14.6. The molecule has 0 bridgehead atoms. The minimum Gasteiger partial charge on any atom is -0.365 e. The second-order valence-electron chi connectivity index (χ2n) is 7.64. The topological polar surface area (TPSA) is 124 Å². The Morgan fingerprint density at radius 1 is 1.27 bits per heavy atom. The van der Waals surface area contributed by atoms with E-state index in [2.05, 4.69) is 34.6 Å². The number of amides is 1. The number of nitrogens with two attached hydrogens (primary N) is 2. The van der Waals surface area contributed by atoms with Gasteiger partial charge >= 0.3 is 0 Å². The third-order valence-electron chi connectivity index (χ3n) is 4.83. The van der Waals surface area contributed by atoms with Gasteiger partial charge in [-0.15, -0.1) is 0 Å². The molecule has 8 nitrogen and oxygen atoms in total. The molecular weight excluding hydrogens is 385 g/mol. The van der Waals surface area contributed by atoms with Crippen LogP contribution in [0.4, 0.5) is 21.7 Å². The second-order valence-corrected chi connectivity index (χ2v) is 7.64. The van der Waals surface area contributed by atoms with Crippen molar-refractivity contribution in [1.29, 1.82) is 0 Å². The van der Waals surface area contributed by atoms with E-state index in [-0.39, 0.29) is 23.2 Å². The number of primary amides is 1. The number of rotatable bonds is 9. The standard InChI is InChI=1S/C21H28FN7O/c1-4-29-18-6-5-14(8-13(18)11-25-29)26-20-16(19(24)30)9-17(22)21(28-20)27-15(10-23)7-12(2)3/h5-6,8-9,11-12,15H,4,7,10,23H2,1-3H3,(H2,24,30)(H2,26,27,28). The number of hydrogen-bond acceptors (Lipinski definition) is 6. The van der Waals surface area contributed by atoms with Gasteiger partial charge in [0.25, 0.3) is 5.91 Å². The Labute approximate surface area is 174 Å². The molecule has 9 heteroatoms. The van der Waals surface area contributed by atoms with Crippen LogP contribution in [0.15, 0.2) is 30.5 Å². The fourth-order valence-electron chi connectivity index (χ4n) is 3.40. The van der Waals surface area contributed by atoms with Gasteiger partial charge in [-0.25, -0.2) is 9.37 Å². The van der Waals surface area contributed by atoms with Gasteiger partial charge < -0.3 is 22.1 Å². The molecule has 160 valence electrons. The summed E-state index contributed by atoms with van der Waals surface area (Å²) in [5.41, 5.74) is 12.9. The Balaban J connectivity index is 1.94. The minimum absolute atomic E-state index is 0.0264. The van der Waals surface area contributed by atoms with Gasteiger partial charge in [0, 0.05) is 30.2 Å². The van der Waals surface area contributed by atoms with Crippen LogP contribution in [0.2, 0.25) is 0 Å². The van der Waals surface area contributed by atoms with Gasteiger partial charge in [0.05, 0.1) is 17.3 Å². The highest BCUT2D eigenvalue weighted by Gasteiger charge is 2.19. The fraction of sp³-hybridized carbons (Fsp3) is 0.381. The third-order valence-corrected chi connectivity index (χ3v) is 4.83. The van der Waals surface area contributed by atoms with Gasteiger partial charge in [-0.3, -0.25) is 9.48 Å². The Hall–Kier alpha value is -3.20. The molecule has 1 unspecified atom stereocenters. The molecule has 3 aromatic rings. The molecule has 30 heavy (non-hydrogen) atoms. The molecule has 0 spiro atoms. The summed E-state index contributed by atoms with van der Waals surface area (Å²) in [6.45, 7) is 7.23. The lowest BCUT2D eigenvalue weighted by Gasteiger charge is -2.21. The first kappa shape index (κ1) is 21.5. The van der Waals surface area contributed by atoms with E-state index in [1.54, 1.807) is 6.20 Å². The first-order valence-electron chi connectivity index (χ1n) is 10.0. The smallest absolute Gasteiger partial charge is 0.252 e. The lowest BCUT2D eigenvalue weighted by atomic mass is 10.0. The van der Waals surface area contributed by atoms with Crippen molar-refractivity contribution in [2.24, 2.45) is 17.4 Å². The molecule has 1 amide bonds. The fourth-order valence-corrected chi connectivity index (χ4v) is 3.40. The van der Waals surface area contributed by atoms with Crippen molar-refractivity contribution in [2.75, 3.05) is 17.2 Å². The highest BCUT2D eigenvalue weighted by molar-refractivity contribution is 5.99. The lowest BCUT2D eigenvalue weighted by molar-refractivity contribution is 0.100. The lowest BCUT2D eigenvalue weighted by Crippen LogP contribution is -2.31. The predicted molar refractivity (Wildman–Crippen MR) is 117 cm³/mol. The number of pyridine rings is 1. The van der Waals surface area contributed by atoms with Crippen LogP contribution < -0.4 is 22.1 Å². The first-order chi connectivity index (χ1) is 14.3.